The zero-order valence-corrected chi connectivity index (χ0v) is 7.21. The van der Waals surface area contributed by atoms with Crippen LogP contribution in [0.5, 0.6) is 0 Å². The molecule has 5 heteroatoms. The molecule has 1 radical (unpaired) electrons. The molecular weight excluding hydrogens is 181 g/mol. The zero-order valence-electron chi connectivity index (χ0n) is 6.17. The monoisotopic (exact) mass is 194 g/mol. The minimum atomic E-state index is -1.50. The molecule has 0 saturated heterocycles. The summed E-state index contributed by atoms with van der Waals surface area (Å²) in [7, 11) is 0. The summed E-state index contributed by atoms with van der Waals surface area (Å²) in [6, 6.07) is 0. The maximum absolute atomic E-state index is 8.36. The average Bonchev–Trinajstić information content (AvgIpc) is 1.66. The van der Waals surface area contributed by atoms with E-state index < -0.39 is 5.09 Å². The van der Waals surface area contributed by atoms with E-state index in [4.69, 9.17) is 15.3 Å². The molecule has 0 rings (SSSR count). The average molecular weight is 194 g/mol. The molecule has 0 aliphatic rings. The Balaban J connectivity index is -0.0000000910. The summed E-state index contributed by atoms with van der Waals surface area (Å²) >= 11 is 0. The maximum Gasteiger partial charge on any atom is 0.291 e. The number of rotatable bonds is 2. The number of unbranched alkanes of at least 4 members (excludes halogenated alkanes) is 2. The molecule has 0 bridgehead atoms. The Hall–Kier alpha value is -0.294. The van der Waals surface area contributed by atoms with Gasteiger partial charge in [-0.05, 0) is 0 Å². The van der Waals surface area contributed by atoms with Gasteiger partial charge in [-0.1, -0.05) is 33.1 Å². The van der Waals surface area contributed by atoms with Crippen molar-refractivity contribution in [2.45, 2.75) is 33.1 Å². The summed E-state index contributed by atoms with van der Waals surface area (Å²) in [6.45, 7) is 4.42. The Kier molecular flexibility index (Phi) is 26.0. The Morgan fingerprint density at radius 3 is 1.60 bits per heavy atom. The number of hydrogen-bond donors (Lipinski definition) is 1. The van der Waals surface area contributed by atoms with Gasteiger partial charge in [0.15, 0.2) is 0 Å². The molecule has 0 fully saturated rings. The molecule has 10 heavy (non-hydrogen) atoms. The Morgan fingerprint density at radius 2 is 1.60 bits per heavy atom. The molecule has 0 saturated carbocycles. The van der Waals surface area contributed by atoms with Gasteiger partial charge in [0.1, 0.15) is 0 Å². The molecule has 0 aromatic rings. The molecular formula is C5H13CoNO3. The van der Waals surface area contributed by atoms with Crippen LogP contribution in [0.3, 0.4) is 0 Å². The minimum absolute atomic E-state index is 0. The van der Waals surface area contributed by atoms with Crippen LogP contribution in [0.1, 0.15) is 33.1 Å². The van der Waals surface area contributed by atoms with E-state index in [2.05, 4.69) is 13.8 Å². The van der Waals surface area contributed by atoms with Crippen molar-refractivity contribution in [1.82, 2.24) is 0 Å². The SMILES string of the molecule is CCCCC.O=[N+]([O-])O.[Co]. The van der Waals surface area contributed by atoms with Gasteiger partial charge in [-0.25, -0.2) is 0 Å². The number of hydrogen-bond acceptors (Lipinski definition) is 2. The van der Waals surface area contributed by atoms with E-state index in [1.165, 1.54) is 19.3 Å². The molecule has 4 nitrogen and oxygen atoms in total. The van der Waals surface area contributed by atoms with Gasteiger partial charge in [0.2, 0.25) is 0 Å². The van der Waals surface area contributed by atoms with Crippen LogP contribution in [-0.2, 0) is 16.8 Å². The summed E-state index contributed by atoms with van der Waals surface area (Å²) in [5, 5.41) is 13.6. The van der Waals surface area contributed by atoms with Crippen molar-refractivity contribution in [3.05, 3.63) is 10.1 Å². The predicted octanol–water partition coefficient (Wildman–Crippen LogP) is 1.85. The summed E-state index contributed by atoms with van der Waals surface area (Å²) in [5.41, 5.74) is 0. The van der Waals surface area contributed by atoms with Crippen molar-refractivity contribution in [2.75, 3.05) is 0 Å². The van der Waals surface area contributed by atoms with E-state index in [9.17, 15) is 0 Å². The second-order valence-corrected chi connectivity index (χ2v) is 1.59. The van der Waals surface area contributed by atoms with Crippen molar-refractivity contribution in [3.8, 4) is 0 Å². The fourth-order valence-electron chi connectivity index (χ4n) is 0.354. The van der Waals surface area contributed by atoms with Gasteiger partial charge in [0, 0.05) is 16.8 Å². The van der Waals surface area contributed by atoms with Crippen LogP contribution in [0.2, 0.25) is 0 Å². The molecule has 0 aliphatic carbocycles. The topological polar surface area (TPSA) is 63.4 Å². The molecule has 0 atom stereocenters. The van der Waals surface area contributed by atoms with Crippen LogP contribution in [-0.4, -0.2) is 10.3 Å². The van der Waals surface area contributed by atoms with Crippen LogP contribution in [0.25, 0.3) is 0 Å². The van der Waals surface area contributed by atoms with Crippen LogP contribution in [0, 0.1) is 10.1 Å². The van der Waals surface area contributed by atoms with E-state index in [1.807, 2.05) is 0 Å². The van der Waals surface area contributed by atoms with E-state index >= 15 is 0 Å². The summed E-state index contributed by atoms with van der Waals surface area (Å²) in [5.74, 6) is 0. The Bertz CT molecular complexity index is 63.9. The molecule has 0 spiro atoms. The van der Waals surface area contributed by atoms with Crippen LogP contribution < -0.4 is 0 Å². The third-order valence-electron chi connectivity index (χ3n) is 0.707. The molecule has 1 N–H and O–H groups in total. The summed E-state index contributed by atoms with van der Waals surface area (Å²) < 4.78 is 0. The van der Waals surface area contributed by atoms with Gasteiger partial charge in [-0.3, -0.25) is 0 Å². The smallest absolute Gasteiger partial charge is 0.291 e. The zero-order chi connectivity index (χ0) is 7.70. The van der Waals surface area contributed by atoms with Gasteiger partial charge in [0.05, 0.1) is 0 Å². The second-order valence-electron chi connectivity index (χ2n) is 1.59. The molecule has 0 aliphatic heterocycles. The van der Waals surface area contributed by atoms with Crippen molar-refractivity contribution >= 4 is 0 Å². The van der Waals surface area contributed by atoms with Crippen molar-refractivity contribution < 1.29 is 27.1 Å². The molecule has 0 aromatic heterocycles. The first kappa shape index (κ1) is 16.4. The van der Waals surface area contributed by atoms with E-state index in [0.29, 0.717) is 0 Å². The molecule has 0 heterocycles. The molecule has 65 valence electrons. The molecule has 0 aromatic carbocycles. The van der Waals surface area contributed by atoms with Crippen molar-refractivity contribution in [1.29, 1.82) is 0 Å². The maximum atomic E-state index is 8.36. The fourth-order valence-corrected chi connectivity index (χ4v) is 0.354. The minimum Gasteiger partial charge on any atom is -0.328 e. The number of nitrogens with zero attached hydrogens (tertiary/aromatic N) is 1. The normalized spacial score (nSPS) is 6.60. The third-order valence-corrected chi connectivity index (χ3v) is 0.707. The standard InChI is InChI=1S/C5H12.Co.HNO3/c1-3-5-4-2;;2-1(3)4/h3-5H2,1-2H3;;(H,2,3,4). The second kappa shape index (κ2) is 15.9. The van der Waals surface area contributed by atoms with Crippen LogP contribution >= 0.6 is 0 Å². The van der Waals surface area contributed by atoms with E-state index in [-0.39, 0.29) is 16.8 Å². The van der Waals surface area contributed by atoms with Crippen molar-refractivity contribution in [2.24, 2.45) is 0 Å². The first-order chi connectivity index (χ1) is 4.15. The predicted molar refractivity (Wildman–Crippen MR) is 34.0 cm³/mol. The van der Waals surface area contributed by atoms with Gasteiger partial charge in [-0.2, -0.15) is 0 Å². The summed E-state index contributed by atoms with van der Waals surface area (Å²) in [4.78, 5) is 8.36. The van der Waals surface area contributed by atoms with Crippen molar-refractivity contribution in [3.63, 3.8) is 0 Å². The van der Waals surface area contributed by atoms with Gasteiger partial charge >= 0.3 is 0 Å². The quantitative estimate of drug-likeness (QED) is 0.538. The fraction of sp³-hybridized carbons (Fsp3) is 1.00. The Labute approximate surface area is 70.9 Å². The Morgan fingerprint density at radius 1 is 1.40 bits per heavy atom. The molecule has 0 unspecified atom stereocenters. The summed E-state index contributed by atoms with van der Waals surface area (Å²) in [6.07, 6.45) is 4.08. The molecule has 0 amide bonds. The van der Waals surface area contributed by atoms with E-state index in [0.717, 1.165) is 0 Å². The third kappa shape index (κ3) is 119. The van der Waals surface area contributed by atoms with Crippen LogP contribution in [0.4, 0.5) is 0 Å². The van der Waals surface area contributed by atoms with Gasteiger partial charge in [-0.15, -0.1) is 10.1 Å². The first-order valence-electron chi connectivity index (χ1n) is 2.98. The largest absolute Gasteiger partial charge is 0.328 e. The van der Waals surface area contributed by atoms with Gasteiger partial charge < -0.3 is 5.21 Å². The van der Waals surface area contributed by atoms with Gasteiger partial charge in [0.25, 0.3) is 5.09 Å². The van der Waals surface area contributed by atoms with E-state index in [1.54, 1.807) is 0 Å². The van der Waals surface area contributed by atoms with Crippen LogP contribution in [0.15, 0.2) is 0 Å². The first-order valence-corrected chi connectivity index (χ1v) is 2.98.